The average molecular weight is 597 g/mol. The van der Waals surface area contributed by atoms with Crippen LogP contribution in [0, 0.1) is 5.92 Å². The molecule has 0 aliphatic heterocycles. The van der Waals surface area contributed by atoms with Crippen molar-refractivity contribution in [3.05, 3.63) is 100 Å². The summed E-state index contributed by atoms with van der Waals surface area (Å²) in [5, 5.41) is 14.5. The Labute approximate surface area is 240 Å². The molecule has 0 heterocycles. The van der Waals surface area contributed by atoms with E-state index >= 15 is 0 Å². The summed E-state index contributed by atoms with van der Waals surface area (Å²) in [6.07, 6.45) is -4.55. The molecule has 0 fully saturated rings. The molecule has 0 bridgehead atoms. The highest BCUT2D eigenvalue weighted by molar-refractivity contribution is 6.34. The number of aryl methyl sites for hydroxylation is 1. The first-order chi connectivity index (χ1) is 18.8. The van der Waals surface area contributed by atoms with Crippen molar-refractivity contribution < 1.29 is 32.7 Å². The number of nitrogens with one attached hydrogen (secondary N) is 2. The molecule has 2 amide bonds. The molecule has 1 unspecified atom stereocenters. The highest BCUT2D eigenvalue weighted by Gasteiger charge is 2.45. The number of Topliss-reactive ketones (excluding diaryl/α,β-unsaturated/α-hetero) is 1. The number of ketones is 1. The fourth-order valence-corrected chi connectivity index (χ4v) is 4.08. The lowest BCUT2D eigenvalue weighted by molar-refractivity contribution is -0.175. The van der Waals surface area contributed by atoms with Gasteiger partial charge in [-0.1, -0.05) is 97.7 Å². The first-order valence-electron chi connectivity index (χ1n) is 12.2. The largest absolute Gasteiger partial charge is 0.508 e. The number of benzene rings is 3. The Balaban J connectivity index is 0.000000526. The maximum atomic E-state index is 12.9. The molecule has 3 rings (SSSR count). The predicted molar refractivity (Wildman–Crippen MR) is 148 cm³/mol. The van der Waals surface area contributed by atoms with Crippen LogP contribution in [-0.4, -0.2) is 34.9 Å². The summed E-state index contributed by atoms with van der Waals surface area (Å²) in [4.78, 5) is 37.1. The van der Waals surface area contributed by atoms with Gasteiger partial charge in [-0.15, -0.1) is 0 Å². The minimum absolute atomic E-state index is 0.0903. The number of hydrogen-bond acceptors (Lipinski definition) is 4. The number of amides is 2. The number of hydrogen-bond donors (Lipinski definition) is 3. The molecule has 6 nitrogen and oxygen atoms in total. The molecular formula is C29H29Cl2F3N2O4. The molecule has 3 aromatic rings. The highest BCUT2D eigenvalue weighted by atomic mass is 35.5. The molecule has 2 atom stereocenters. The van der Waals surface area contributed by atoms with E-state index in [1.165, 1.54) is 26.0 Å². The van der Waals surface area contributed by atoms with Crippen LogP contribution in [0.1, 0.15) is 37.4 Å². The summed E-state index contributed by atoms with van der Waals surface area (Å²) < 4.78 is 38.8. The standard InChI is InChI=1S/C23H25F3N2O3.C6H4Cl2O/c1-15(2)19(21(30)23(24,25)26)28-22(31)20(17-11-7-4-8-12-17)27-18(29)14-13-16-9-5-3-6-10-16;7-4-1-5(8)3-6(9)2-4/h3-12,15,19-20H,13-14H2,1-2H3,(H,27,29)(H,28,31);1-3,9H/t19-,20?;/m0./s1. The maximum Gasteiger partial charge on any atom is 0.452 e. The zero-order valence-electron chi connectivity index (χ0n) is 21.7. The normalized spacial score (nSPS) is 12.5. The number of carbonyl (C=O) groups excluding carboxylic acids is 3. The van der Waals surface area contributed by atoms with Crippen molar-refractivity contribution in [2.24, 2.45) is 5.92 Å². The molecule has 0 aliphatic rings. The van der Waals surface area contributed by atoms with Gasteiger partial charge in [-0.25, -0.2) is 0 Å². The summed E-state index contributed by atoms with van der Waals surface area (Å²) in [6.45, 7) is 2.81. The van der Waals surface area contributed by atoms with Crippen molar-refractivity contribution in [2.45, 2.75) is 44.9 Å². The lowest BCUT2D eigenvalue weighted by Gasteiger charge is -2.26. The fourth-order valence-electron chi connectivity index (χ4n) is 3.57. The van der Waals surface area contributed by atoms with Gasteiger partial charge in [0, 0.05) is 16.5 Å². The van der Waals surface area contributed by atoms with Gasteiger partial charge >= 0.3 is 6.18 Å². The number of rotatable bonds is 9. The van der Waals surface area contributed by atoms with E-state index in [1.807, 2.05) is 30.3 Å². The number of alkyl halides is 3. The van der Waals surface area contributed by atoms with Gasteiger partial charge in [0.15, 0.2) is 0 Å². The molecule has 11 heteroatoms. The van der Waals surface area contributed by atoms with Crippen molar-refractivity contribution in [1.29, 1.82) is 0 Å². The number of phenols is 1. The third-order valence-electron chi connectivity index (χ3n) is 5.56. The lowest BCUT2D eigenvalue weighted by Crippen LogP contribution is -2.52. The quantitative estimate of drug-likeness (QED) is 0.264. The van der Waals surface area contributed by atoms with Crippen molar-refractivity contribution in [3.8, 4) is 5.75 Å². The van der Waals surface area contributed by atoms with Crippen molar-refractivity contribution in [2.75, 3.05) is 0 Å². The predicted octanol–water partition coefficient (Wildman–Crippen LogP) is 6.45. The topological polar surface area (TPSA) is 95.5 Å². The van der Waals surface area contributed by atoms with E-state index in [9.17, 15) is 27.6 Å². The van der Waals surface area contributed by atoms with Crippen LogP contribution in [0.3, 0.4) is 0 Å². The Morgan fingerprint density at radius 3 is 1.85 bits per heavy atom. The third-order valence-corrected chi connectivity index (χ3v) is 5.99. The Kier molecular flexibility index (Phi) is 12.5. The van der Waals surface area contributed by atoms with Gasteiger partial charge in [-0.05, 0) is 41.7 Å². The molecule has 214 valence electrons. The van der Waals surface area contributed by atoms with Crippen LogP contribution in [0.15, 0.2) is 78.9 Å². The minimum Gasteiger partial charge on any atom is -0.508 e. The summed E-state index contributed by atoms with van der Waals surface area (Å²) in [7, 11) is 0. The van der Waals surface area contributed by atoms with Crippen molar-refractivity contribution >= 4 is 40.8 Å². The number of carbonyl (C=O) groups is 3. The Bertz CT molecular complexity index is 1220. The molecule has 0 aliphatic carbocycles. The van der Waals surface area contributed by atoms with Gasteiger partial charge in [0.05, 0.1) is 6.04 Å². The Morgan fingerprint density at radius 2 is 1.38 bits per heavy atom. The Hall–Kier alpha value is -3.56. The van der Waals surface area contributed by atoms with E-state index < -0.39 is 41.8 Å². The Morgan fingerprint density at radius 1 is 0.850 bits per heavy atom. The zero-order valence-corrected chi connectivity index (χ0v) is 23.2. The molecule has 0 spiro atoms. The summed E-state index contributed by atoms with van der Waals surface area (Å²) in [5.41, 5.74) is 1.34. The van der Waals surface area contributed by atoms with Crippen LogP contribution >= 0.6 is 23.2 Å². The second kappa shape index (κ2) is 15.3. The SMILES string of the molecule is CC(C)[C@H](NC(=O)C(NC(=O)CCc1ccccc1)c1ccccc1)C(=O)C(F)(F)F.Oc1cc(Cl)cc(Cl)c1. The van der Waals surface area contributed by atoms with E-state index in [-0.39, 0.29) is 12.2 Å². The molecule has 3 aromatic carbocycles. The minimum atomic E-state index is -5.08. The first-order valence-corrected chi connectivity index (χ1v) is 13.0. The van der Waals surface area contributed by atoms with Gasteiger partial charge < -0.3 is 15.7 Å². The smallest absolute Gasteiger partial charge is 0.452 e. The fraction of sp³-hybridized carbons (Fsp3) is 0.276. The maximum absolute atomic E-state index is 12.9. The monoisotopic (exact) mass is 596 g/mol. The summed E-state index contributed by atoms with van der Waals surface area (Å²) in [5.74, 6) is -4.04. The molecular weight excluding hydrogens is 568 g/mol. The van der Waals surface area contributed by atoms with E-state index in [1.54, 1.807) is 36.4 Å². The molecule has 3 N–H and O–H groups in total. The first kappa shape index (κ1) is 32.7. The van der Waals surface area contributed by atoms with Crippen LogP contribution in [0.25, 0.3) is 0 Å². The van der Waals surface area contributed by atoms with Gasteiger partial charge in [0.25, 0.3) is 5.78 Å². The molecule has 0 aromatic heterocycles. The number of phenolic OH excluding ortho intramolecular Hbond substituents is 1. The van der Waals surface area contributed by atoms with Crippen molar-refractivity contribution in [3.63, 3.8) is 0 Å². The van der Waals surface area contributed by atoms with Gasteiger partial charge in [-0.3, -0.25) is 14.4 Å². The van der Waals surface area contributed by atoms with E-state index in [0.717, 1.165) is 5.56 Å². The molecule has 0 saturated carbocycles. The third kappa shape index (κ3) is 10.9. The molecule has 0 saturated heterocycles. The zero-order chi connectivity index (χ0) is 29.9. The number of aromatic hydroxyl groups is 1. The lowest BCUT2D eigenvalue weighted by atomic mass is 9.98. The van der Waals surface area contributed by atoms with Crippen LogP contribution in [0.2, 0.25) is 10.0 Å². The van der Waals surface area contributed by atoms with E-state index in [0.29, 0.717) is 22.0 Å². The van der Waals surface area contributed by atoms with Crippen LogP contribution in [0.5, 0.6) is 5.75 Å². The van der Waals surface area contributed by atoms with E-state index in [4.69, 9.17) is 28.3 Å². The molecule has 0 radical (unpaired) electrons. The average Bonchev–Trinajstić information content (AvgIpc) is 2.88. The molecule has 40 heavy (non-hydrogen) atoms. The summed E-state index contributed by atoms with van der Waals surface area (Å²) >= 11 is 11.0. The van der Waals surface area contributed by atoms with Crippen molar-refractivity contribution in [1.82, 2.24) is 10.6 Å². The second-order valence-corrected chi connectivity index (χ2v) is 9.99. The van der Waals surface area contributed by atoms with Crippen LogP contribution in [-0.2, 0) is 20.8 Å². The van der Waals surface area contributed by atoms with Crippen LogP contribution < -0.4 is 10.6 Å². The number of halogens is 5. The highest BCUT2D eigenvalue weighted by Crippen LogP contribution is 2.23. The second-order valence-electron chi connectivity index (χ2n) is 9.12. The van der Waals surface area contributed by atoms with Gasteiger partial charge in [-0.2, -0.15) is 13.2 Å². The summed E-state index contributed by atoms with van der Waals surface area (Å²) in [6, 6.07) is 18.9. The van der Waals surface area contributed by atoms with Gasteiger partial charge in [0.2, 0.25) is 11.8 Å². The van der Waals surface area contributed by atoms with Gasteiger partial charge in [0.1, 0.15) is 11.8 Å². The van der Waals surface area contributed by atoms with E-state index in [2.05, 4.69) is 10.6 Å². The van der Waals surface area contributed by atoms with Crippen LogP contribution in [0.4, 0.5) is 13.2 Å².